The highest BCUT2D eigenvalue weighted by molar-refractivity contribution is 7.19. The average Bonchev–Trinajstić information content (AvgIpc) is 3.27. The number of hydrogen-bond acceptors (Lipinski definition) is 8. The van der Waals surface area contributed by atoms with Gasteiger partial charge in [0.15, 0.2) is 11.5 Å². The molecule has 2 fully saturated rings. The van der Waals surface area contributed by atoms with E-state index in [1.54, 1.807) is 28.8 Å². The monoisotopic (exact) mass is 541 g/mol. The van der Waals surface area contributed by atoms with E-state index in [0.717, 1.165) is 30.8 Å². The van der Waals surface area contributed by atoms with Gasteiger partial charge in [0, 0.05) is 31.2 Å². The molecule has 1 saturated carbocycles. The van der Waals surface area contributed by atoms with Crippen LogP contribution < -0.4 is 10.1 Å². The number of carboxylic acid groups (broad SMARTS) is 1. The van der Waals surface area contributed by atoms with E-state index in [2.05, 4.69) is 20.4 Å². The molecule has 1 amide bonds. The molecule has 10 nitrogen and oxygen atoms in total. The molecule has 37 heavy (non-hydrogen) atoms. The summed E-state index contributed by atoms with van der Waals surface area (Å²) in [6, 6.07) is 11.0. The number of benzene rings is 1. The zero-order valence-corrected chi connectivity index (χ0v) is 21.3. The van der Waals surface area contributed by atoms with Crippen molar-refractivity contribution in [2.45, 2.75) is 44.3 Å². The molecule has 3 aromatic heterocycles. The second kappa shape index (κ2) is 9.81. The maximum atomic E-state index is 13.5. The third-order valence-corrected chi connectivity index (χ3v) is 8.00. The van der Waals surface area contributed by atoms with Crippen LogP contribution in [0.1, 0.15) is 42.0 Å². The molecule has 1 aliphatic heterocycles. The quantitative estimate of drug-likeness (QED) is 0.251. The van der Waals surface area contributed by atoms with Gasteiger partial charge >= 0.3 is 6.16 Å². The first-order valence-electron chi connectivity index (χ1n) is 12.1. The molecule has 0 bridgehead atoms. The van der Waals surface area contributed by atoms with Crippen LogP contribution in [-0.4, -0.2) is 61.9 Å². The summed E-state index contributed by atoms with van der Waals surface area (Å²) in [4.78, 5) is 32.7. The number of carbonyl (C=O) groups excluding carboxylic acids is 1. The number of piperidine rings is 1. The molecular weight excluding hydrogens is 518 g/mol. The Kier molecular flexibility index (Phi) is 6.35. The number of para-hydroxylation sites is 1. The van der Waals surface area contributed by atoms with Gasteiger partial charge in [0.05, 0.1) is 21.3 Å². The molecule has 1 aliphatic carbocycles. The number of carbonyl (C=O) groups is 2. The van der Waals surface area contributed by atoms with Gasteiger partial charge < -0.3 is 29.2 Å². The number of amides is 1. The number of likely N-dealkylation sites (tertiary alicyclic amines) is 1. The van der Waals surface area contributed by atoms with E-state index >= 15 is 0 Å². The lowest BCUT2D eigenvalue weighted by Gasteiger charge is -2.32. The number of nitrogens with zero attached hydrogens (tertiary/aromatic N) is 4. The molecule has 0 spiro atoms. The molecular formula is C25H24ClN5O5S. The fourth-order valence-corrected chi connectivity index (χ4v) is 5.86. The van der Waals surface area contributed by atoms with Crippen LogP contribution in [0, 0.1) is 0 Å². The predicted molar refractivity (Wildman–Crippen MR) is 137 cm³/mol. The maximum Gasteiger partial charge on any atom is 0.511 e. The van der Waals surface area contributed by atoms with E-state index in [0.29, 0.717) is 32.9 Å². The molecule has 1 saturated heterocycles. The smallest absolute Gasteiger partial charge is 0.449 e. The molecule has 0 atom stereocenters. The lowest BCUT2D eigenvalue weighted by Crippen LogP contribution is -2.45. The van der Waals surface area contributed by atoms with Crippen LogP contribution in [0.5, 0.6) is 5.75 Å². The summed E-state index contributed by atoms with van der Waals surface area (Å²) in [7, 11) is 0. The summed E-state index contributed by atoms with van der Waals surface area (Å²) in [6.45, 7) is 2.07. The topological polar surface area (TPSA) is 123 Å². The van der Waals surface area contributed by atoms with Crippen molar-refractivity contribution in [2.75, 3.05) is 13.1 Å². The van der Waals surface area contributed by atoms with Crippen LogP contribution in [0.2, 0.25) is 4.34 Å². The number of imidazole rings is 1. The lowest BCUT2D eigenvalue weighted by molar-refractivity contribution is 0.0895. The fourth-order valence-electron chi connectivity index (χ4n) is 4.87. The van der Waals surface area contributed by atoms with Crippen molar-refractivity contribution in [3.8, 4) is 16.4 Å². The van der Waals surface area contributed by atoms with Crippen LogP contribution in [0.3, 0.4) is 0 Å². The molecule has 1 aromatic carbocycles. The Bertz CT molecular complexity index is 1470. The van der Waals surface area contributed by atoms with Gasteiger partial charge in [-0.2, -0.15) is 0 Å². The second-order valence-electron chi connectivity index (χ2n) is 9.31. The Morgan fingerprint density at radius 2 is 2.00 bits per heavy atom. The normalized spacial score (nSPS) is 16.8. The maximum absolute atomic E-state index is 13.5. The number of ether oxygens (including phenoxy) is 1. The Labute approximate surface area is 220 Å². The Morgan fingerprint density at radius 1 is 1.19 bits per heavy atom. The zero-order valence-electron chi connectivity index (χ0n) is 19.7. The highest BCUT2D eigenvalue weighted by atomic mass is 35.5. The zero-order chi connectivity index (χ0) is 25.5. The van der Waals surface area contributed by atoms with Crippen LogP contribution >= 0.6 is 22.9 Å². The Balaban J connectivity index is 1.31. The summed E-state index contributed by atoms with van der Waals surface area (Å²) < 4.78 is 12.8. The van der Waals surface area contributed by atoms with E-state index in [-0.39, 0.29) is 30.1 Å². The van der Waals surface area contributed by atoms with Crippen molar-refractivity contribution in [3.05, 3.63) is 52.3 Å². The standard InChI is InChI=1S/C25H24ClN5O5S/c26-21-7-6-20(37-21)19-12-15(29-36-19)13-31-22-17(2-1-3-18(22)35-25(33)34)28-23(31)24(32)27-14-8-10-30(11-9-14)16-4-5-16/h1-3,6-7,12,14,16H,4-5,8-11,13H2,(H,27,32)(H,33,34). The minimum atomic E-state index is -1.45. The van der Waals surface area contributed by atoms with Crippen LogP contribution in [0.15, 0.2) is 40.9 Å². The molecule has 192 valence electrons. The lowest BCUT2D eigenvalue weighted by atomic mass is 10.0. The molecule has 0 radical (unpaired) electrons. The first-order valence-corrected chi connectivity index (χ1v) is 13.3. The van der Waals surface area contributed by atoms with Gasteiger partial charge in [0.1, 0.15) is 11.2 Å². The van der Waals surface area contributed by atoms with E-state index in [1.165, 1.54) is 30.2 Å². The number of aromatic nitrogens is 3. The Morgan fingerprint density at radius 3 is 2.70 bits per heavy atom. The first-order chi connectivity index (χ1) is 17.9. The first kappa shape index (κ1) is 24.0. The summed E-state index contributed by atoms with van der Waals surface area (Å²) in [5.74, 6) is 0.468. The van der Waals surface area contributed by atoms with Gasteiger partial charge in [-0.3, -0.25) is 4.79 Å². The fraction of sp³-hybridized carbons (Fsp3) is 0.360. The number of rotatable bonds is 7. The van der Waals surface area contributed by atoms with Gasteiger partial charge in [-0.25, -0.2) is 9.78 Å². The summed E-state index contributed by atoms with van der Waals surface area (Å²) in [5, 5.41) is 16.6. The number of hydrogen-bond donors (Lipinski definition) is 2. The number of nitrogens with one attached hydrogen (secondary N) is 1. The number of halogens is 1. The van der Waals surface area contributed by atoms with Gasteiger partial charge in [0.2, 0.25) is 5.82 Å². The highest BCUT2D eigenvalue weighted by Crippen LogP contribution is 2.33. The van der Waals surface area contributed by atoms with E-state index in [4.69, 9.17) is 20.9 Å². The van der Waals surface area contributed by atoms with Gasteiger partial charge in [-0.15, -0.1) is 11.3 Å². The summed E-state index contributed by atoms with van der Waals surface area (Å²) in [6.07, 6.45) is 2.85. The minimum Gasteiger partial charge on any atom is -0.449 e. The molecule has 6 rings (SSSR count). The molecule has 12 heteroatoms. The van der Waals surface area contributed by atoms with E-state index in [9.17, 15) is 14.7 Å². The van der Waals surface area contributed by atoms with Crippen molar-refractivity contribution in [1.82, 2.24) is 24.9 Å². The van der Waals surface area contributed by atoms with Crippen molar-refractivity contribution >= 4 is 46.0 Å². The molecule has 0 unspecified atom stereocenters. The van der Waals surface area contributed by atoms with E-state index < -0.39 is 6.16 Å². The van der Waals surface area contributed by atoms with Gasteiger partial charge in [-0.1, -0.05) is 22.8 Å². The van der Waals surface area contributed by atoms with Crippen molar-refractivity contribution in [1.29, 1.82) is 0 Å². The third kappa shape index (κ3) is 5.07. The van der Waals surface area contributed by atoms with Gasteiger partial charge in [-0.05, 0) is 49.9 Å². The molecule has 2 N–H and O–H groups in total. The number of thiophene rings is 1. The largest absolute Gasteiger partial charge is 0.511 e. The molecule has 4 aromatic rings. The average molecular weight is 542 g/mol. The van der Waals surface area contributed by atoms with Crippen LogP contribution in [-0.2, 0) is 6.54 Å². The van der Waals surface area contributed by atoms with Crippen LogP contribution in [0.4, 0.5) is 4.79 Å². The van der Waals surface area contributed by atoms with Gasteiger partial charge in [0.25, 0.3) is 5.91 Å². The van der Waals surface area contributed by atoms with E-state index in [1.807, 2.05) is 6.07 Å². The predicted octanol–water partition coefficient (Wildman–Crippen LogP) is 4.87. The molecule has 2 aliphatic rings. The second-order valence-corrected chi connectivity index (χ2v) is 11.0. The number of fused-ring (bicyclic) bond motifs is 1. The molecule has 4 heterocycles. The minimum absolute atomic E-state index is 0.0488. The third-order valence-electron chi connectivity index (χ3n) is 6.75. The summed E-state index contributed by atoms with van der Waals surface area (Å²) >= 11 is 7.42. The Hall–Kier alpha value is -3.41. The van der Waals surface area contributed by atoms with Crippen molar-refractivity contribution < 1.29 is 24.0 Å². The highest BCUT2D eigenvalue weighted by Gasteiger charge is 2.33. The van der Waals surface area contributed by atoms with Crippen molar-refractivity contribution in [3.63, 3.8) is 0 Å². The van der Waals surface area contributed by atoms with Crippen LogP contribution in [0.25, 0.3) is 21.7 Å². The SMILES string of the molecule is O=C(O)Oc1cccc2nc(C(=O)NC3CCN(C4CC4)CC3)n(Cc3cc(-c4ccc(Cl)s4)on3)c12. The van der Waals surface area contributed by atoms with Crippen molar-refractivity contribution in [2.24, 2.45) is 0 Å². The summed E-state index contributed by atoms with van der Waals surface area (Å²) in [5.41, 5.74) is 1.37.